The predicted octanol–water partition coefficient (Wildman–Crippen LogP) is 2.77. The molecule has 0 saturated carbocycles. The lowest BCUT2D eigenvalue weighted by molar-refractivity contribution is 0.0638. The molecule has 0 fully saturated rings. The molecule has 0 bridgehead atoms. The molecule has 0 saturated heterocycles. The van der Waals surface area contributed by atoms with Gasteiger partial charge >= 0.3 is 0 Å². The summed E-state index contributed by atoms with van der Waals surface area (Å²) in [6.07, 6.45) is -1.44. The molecule has 0 amide bonds. The summed E-state index contributed by atoms with van der Waals surface area (Å²) in [6, 6.07) is 7.60. The molecule has 0 spiro atoms. The van der Waals surface area contributed by atoms with Crippen LogP contribution in [0.4, 0.5) is 8.78 Å². The van der Waals surface area contributed by atoms with Gasteiger partial charge in [0.2, 0.25) is 0 Å². The summed E-state index contributed by atoms with van der Waals surface area (Å²) < 4.78 is 25.2. The molecule has 1 aromatic rings. The zero-order valence-electron chi connectivity index (χ0n) is 9.13. The molecule has 1 rings (SSSR count). The van der Waals surface area contributed by atoms with Gasteiger partial charge in [-0.15, -0.1) is 0 Å². The topological polar surface area (TPSA) is 26.0 Å². The van der Waals surface area contributed by atoms with Gasteiger partial charge in [0.1, 0.15) is 0 Å². The van der Waals surface area contributed by atoms with Crippen LogP contribution in [-0.4, -0.2) is 12.0 Å². The van der Waals surface area contributed by atoms with Crippen molar-refractivity contribution in [2.24, 2.45) is 5.73 Å². The Hall–Kier alpha value is -0.960. The molecule has 3 heteroatoms. The van der Waals surface area contributed by atoms with E-state index in [-0.39, 0.29) is 6.42 Å². The minimum Gasteiger partial charge on any atom is -0.320 e. The standard InChI is InChI=1S/C12H17F2N/c1-3-9-6-4-5-7-10(9)8-12(2,15)11(13)14/h4-7,11H,3,8,15H2,1-2H3. The van der Waals surface area contributed by atoms with Crippen LogP contribution in [0.3, 0.4) is 0 Å². The highest BCUT2D eigenvalue weighted by Crippen LogP contribution is 2.20. The van der Waals surface area contributed by atoms with E-state index in [1.807, 2.05) is 31.2 Å². The van der Waals surface area contributed by atoms with Crippen LogP contribution in [0.1, 0.15) is 25.0 Å². The zero-order chi connectivity index (χ0) is 11.5. The number of hydrogen-bond donors (Lipinski definition) is 1. The van der Waals surface area contributed by atoms with Gasteiger partial charge in [-0.2, -0.15) is 0 Å². The lowest BCUT2D eigenvalue weighted by Gasteiger charge is -2.24. The van der Waals surface area contributed by atoms with Crippen LogP contribution in [0.5, 0.6) is 0 Å². The summed E-state index contributed by atoms with van der Waals surface area (Å²) >= 11 is 0. The van der Waals surface area contributed by atoms with Crippen molar-refractivity contribution in [3.05, 3.63) is 35.4 Å². The van der Waals surface area contributed by atoms with Gasteiger partial charge in [0, 0.05) is 0 Å². The molecule has 0 aliphatic rings. The van der Waals surface area contributed by atoms with E-state index in [2.05, 4.69) is 0 Å². The van der Waals surface area contributed by atoms with Gasteiger partial charge in [0.05, 0.1) is 5.54 Å². The van der Waals surface area contributed by atoms with Crippen LogP contribution in [-0.2, 0) is 12.8 Å². The Labute approximate surface area is 89.3 Å². The molecule has 1 nitrogen and oxygen atoms in total. The largest absolute Gasteiger partial charge is 0.320 e. The van der Waals surface area contributed by atoms with E-state index in [4.69, 9.17) is 5.73 Å². The highest BCUT2D eigenvalue weighted by Gasteiger charge is 2.30. The fourth-order valence-electron chi connectivity index (χ4n) is 1.56. The maximum absolute atomic E-state index is 12.6. The van der Waals surface area contributed by atoms with Crippen molar-refractivity contribution >= 4 is 0 Å². The quantitative estimate of drug-likeness (QED) is 0.817. The molecule has 0 radical (unpaired) electrons. The monoisotopic (exact) mass is 213 g/mol. The van der Waals surface area contributed by atoms with Crippen molar-refractivity contribution in [1.29, 1.82) is 0 Å². The second kappa shape index (κ2) is 4.71. The molecule has 84 valence electrons. The number of hydrogen-bond acceptors (Lipinski definition) is 1. The molecule has 15 heavy (non-hydrogen) atoms. The molecule has 1 atom stereocenters. The van der Waals surface area contributed by atoms with Gasteiger partial charge in [0.15, 0.2) is 0 Å². The van der Waals surface area contributed by atoms with Crippen LogP contribution >= 0.6 is 0 Å². The minimum atomic E-state index is -2.50. The summed E-state index contributed by atoms with van der Waals surface area (Å²) in [6.45, 7) is 3.40. The number of nitrogens with two attached hydrogens (primary N) is 1. The normalized spacial score (nSPS) is 15.3. The number of rotatable bonds is 4. The molecular formula is C12H17F2N. The summed E-state index contributed by atoms with van der Waals surface area (Å²) in [5, 5.41) is 0. The molecule has 2 N–H and O–H groups in total. The van der Waals surface area contributed by atoms with Crippen LogP contribution in [0.15, 0.2) is 24.3 Å². The van der Waals surface area contributed by atoms with Gasteiger partial charge in [-0.3, -0.25) is 0 Å². The average Bonchev–Trinajstić information content (AvgIpc) is 2.18. The summed E-state index contributed by atoms with van der Waals surface area (Å²) in [7, 11) is 0. The molecule has 0 heterocycles. The molecule has 1 unspecified atom stereocenters. The lowest BCUT2D eigenvalue weighted by Crippen LogP contribution is -2.46. The van der Waals surface area contributed by atoms with Crippen molar-refractivity contribution in [1.82, 2.24) is 0 Å². The molecule has 0 aliphatic heterocycles. The fraction of sp³-hybridized carbons (Fsp3) is 0.500. The second-order valence-electron chi connectivity index (χ2n) is 4.11. The van der Waals surface area contributed by atoms with Crippen molar-refractivity contribution in [3.63, 3.8) is 0 Å². The maximum Gasteiger partial charge on any atom is 0.256 e. The Kier molecular flexibility index (Phi) is 3.80. The maximum atomic E-state index is 12.6. The van der Waals surface area contributed by atoms with Crippen molar-refractivity contribution in [3.8, 4) is 0 Å². The molecule has 0 aromatic heterocycles. The predicted molar refractivity (Wildman–Crippen MR) is 58.1 cm³/mol. The van der Waals surface area contributed by atoms with Gasteiger partial charge in [-0.25, -0.2) is 8.78 Å². The van der Waals surface area contributed by atoms with Crippen LogP contribution in [0.25, 0.3) is 0 Å². The average molecular weight is 213 g/mol. The van der Waals surface area contributed by atoms with Crippen molar-refractivity contribution < 1.29 is 8.78 Å². The third-order valence-electron chi connectivity index (χ3n) is 2.57. The number of halogens is 2. The van der Waals surface area contributed by atoms with Crippen molar-refractivity contribution in [2.45, 2.75) is 38.7 Å². The van der Waals surface area contributed by atoms with Crippen LogP contribution in [0, 0.1) is 0 Å². The van der Waals surface area contributed by atoms with E-state index >= 15 is 0 Å². The molecular weight excluding hydrogens is 196 g/mol. The van der Waals surface area contributed by atoms with E-state index in [9.17, 15) is 8.78 Å². The van der Waals surface area contributed by atoms with E-state index < -0.39 is 12.0 Å². The lowest BCUT2D eigenvalue weighted by atomic mass is 9.91. The first-order valence-electron chi connectivity index (χ1n) is 5.11. The summed E-state index contributed by atoms with van der Waals surface area (Å²) in [5.41, 5.74) is 6.14. The van der Waals surface area contributed by atoms with E-state index in [1.165, 1.54) is 6.92 Å². The van der Waals surface area contributed by atoms with Crippen molar-refractivity contribution in [2.75, 3.05) is 0 Å². The first-order valence-corrected chi connectivity index (χ1v) is 5.11. The fourth-order valence-corrected chi connectivity index (χ4v) is 1.56. The van der Waals surface area contributed by atoms with E-state index in [0.29, 0.717) is 0 Å². The molecule has 0 aliphatic carbocycles. The summed E-state index contributed by atoms with van der Waals surface area (Å²) in [4.78, 5) is 0. The van der Waals surface area contributed by atoms with E-state index in [0.717, 1.165) is 17.5 Å². The number of benzene rings is 1. The number of aryl methyl sites for hydroxylation is 1. The summed E-state index contributed by atoms with van der Waals surface area (Å²) in [5.74, 6) is 0. The minimum absolute atomic E-state index is 0.217. The van der Waals surface area contributed by atoms with Gasteiger partial charge in [-0.1, -0.05) is 31.2 Å². The van der Waals surface area contributed by atoms with Crippen LogP contribution in [0.2, 0.25) is 0 Å². The van der Waals surface area contributed by atoms with Crippen LogP contribution < -0.4 is 5.73 Å². The number of alkyl halides is 2. The highest BCUT2D eigenvalue weighted by molar-refractivity contribution is 5.28. The zero-order valence-corrected chi connectivity index (χ0v) is 9.13. The molecule has 1 aromatic carbocycles. The Morgan fingerprint density at radius 2 is 1.80 bits per heavy atom. The first-order chi connectivity index (χ1) is 6.97. The Morgan fingerprint density at radius 3 is 2.27 bits per heavy atom. The third-order valence-corrected chi connectivity index (χ3v) is 2.57. The Bertz CT molecular complexity index is 321. The Morgan fingerprint density at radius 1 is 1.27 bits per heavy atom. The SMILES string of the molecule is CCc1ccccc1CC(C)(N)C(F)F. The Balaban J connectivity index is 2.89. The van der Waals surface area contributed by atoms with Gasteiger partial charge in [0.25, 0.3) is 6.43 Å². The van der Waals surface area contributed by atoms with Gasteiger partial charge in [-0.05, 0) is 30.9 Å². The second-order valence-corrected chi connectivity index (χ2v) is 4.11. The highest BCUT2D eigenvalue weighted by atomic mass is 19.3. The van der Waals surface area contributed by atoms with Gasteiger partial charge < -0.3 is 5.73 Å². The third kappa shape index (κ3) is 2.99. The van der Waals surface area contributed by atoms with E-state index in [1.54, 1.807) is 0 Å². The smallest absolute Gasteiger partial charge is 0.256 e. The first kappa shape index (κ1) is 12.1.